The normalized spacial score (nSPS) is 11.5. The molecule has 7 heteroatoms. The summed E-state index contributed by atoms with van der Waals surface area (Å²) in [5.74, 6) is 7.11. The van der Waals surface area contributed by atoms with E-state index < -0.39 is 0 Å². The highest BCUT2D eigenvalue weighted by molar-refractivity contribution is 5.93. The van der Waals surface area contributed by atoms with Gasteiger partial charge in [0, 0.05) is 30.9 Å². The zero-order valence-electron chi connectivity index (χ0n) is 16.2. The summed E-state index contributed by atoms with van der Waals surface area (Å²) in [7, 11) is 3.98. The van der Waals surface area contributed by atoms with Gasteiger partial charge in [-0.25, -0.2) is 0 Å². The van der Waals surface area contributed by atoms with Gasteiger partial charge >= 0.3 is 0 Å². The third-order valence-electron chi connectivity index (χ3n) is 4.44. The number of hydrogen-bond donors (Lipinski definition) is 2. The summed E-state index contributed by atoms with van der Waals surface area (Å²) in [6.45, 7) is 0.459. The van der Waals surface area contributed by atoms with E-state index in [2.05, 4.69) is 27.4 Å². The van der Waals surface area contributed by atoms with Crippen LogP contribution < -0.4 is 19.7 Å². The second kappa shape index (κ2) is 7.98. The fraction of sp³-hybridized carbons (Fsp3) is 0.182. The molecule has 4 rings (SSSR count). The summed E-state index contributed by atoms with van der Waals surface area (Å²) in [4.78, 5) is 14.3. The van der Waals surface area contributed by atoms with Crippen molar-refractivity contribution < 1.29 is 14.3 Å². The Bertz CT molecular complexity index is 1090. The molecule has 146 valence electrons. The Hall–Kier alpha value is -3.92. The van der Waals surface area contributed by atoms with Crippen LogP contribution in [0.4, 0.5) is 5.69 Å². The first kappa shape index (κ1) is 18.4. The molecule has 0 unspecified atom stereocenters. The molecule has 0 radical (unpaired) electrons. The third kappa shape index (κ3) is 4.17. The summed E-state index contributed by atoms with van der Waals surface area (Å²) in [6.07, 6.45) is 0. The number of amides is 1. The number of aromatic nitrogens is 2. The van der Waals surface area contributed by atoms with Crippen molar-refractivity contribution in [3.63, 3.8) is 0 Å². The Morgan fingerprint density at radius 1 is 1.14 bits per heavy atom. The molecule has 2 aromatic carbocycles. The zero-order valence-corrected chi connectivity index (χ0v) is 16.2. The van der Waals surface area contributed by atoms with E-state index >= 15 is 0 Å². The van der Waals surface area contributed by atoms with Crippen molar-refractivity contribution in [1.82, 2.24) is 15.5 Å². The molecule has 0 fully saturated rings. The molecule has 0 aliphatic carbocycles. The van der Waals surface area contributed by atoms with Gasteiger partial charge in [0.05, 0.1) is 12.2 Å². The molecule has 0 saturated heterocycles. The van der Waals surface area contributed by atoms with Gasteiger partial charge in [0.2, 0.25) is 6.79 Å². The zero-order chi connectivity index (χ0) is 20.2. The molecule has 0 bridgehead atoms. The number of nitrogens with zero attached hydrogens (tertiary/aromatic N) is 2. The first-order valence-corrected chi connectivity index (χ1v) is 9.10. The number of nitrogens with one attached hydrogen (secondary N) is 2. The van der Waals surface area contributed by atoms with Crippen LogP contribution in [0.5, 0.6) is 11.5 Å². The Labute approximate surface area is 168 Å². The molecular weight excluding hydrogens is 368 g/mol. The first-order chi connectivity index (χ1) is 14.1. The standard InChI is InChI=1S/C22H20N4O3/c1-26(2)17-8-5-15(6-9-17)4-3-11-23-22(27)19-13-18(24-25-19)16-7-10-20-21(12-16)29-14-28-20/h5-10,12-13H,11,14H2,1-2H3,(H,23,27)(H,24,25). The monoisotopic (exact) mass is 388 g/mol. The predicted molar refractivity (Wildman–Crippen MR) is 110 cm³/mol. The average Bonchev–Trinajstić information content (AvgIpc) is 3.40. The van der Waals surface area contributed by atoms with Gasteiger partial charge in [-0.3, -0.25) is 9.89 Å². The first-order valence-electron chi connectivity index (χ1n) is 9.10. The maximum atomic E-state index is 12.3. The number of fused-ring (bicyclic) bond motifs is 1. The number of H-pyrrole nitrogens is 1. The van der Waals surface area contributed by atoms with E-state index in [0.29, 0.717) is 22.9 Å². The lowest BCUT2D eigenvalue weighted by atomic mass is 10.1. The molecule has 0 atom stereocenters. The van der Waals surface area contributed by atoms with Crippen molar-refractivity contribution in [2.45, 2.75) is 0 Å². The smallest absolute Gasteiger partial charge is 0.270 e. The molecule has 29 heavy (non-hydrogen) atoms. The second-order valence-corrected chi connectivity index (χ2v) is 6.66. The lowest BCUT2D eigenvalue weighted by molar-refractivity contribution is 0.0953. The highest BCUT2D eigenvalue weighted by atomic mass is 16.7. The van der Waals surface area contributed by atoms with E-state index in [1.54, 1.807) is 6.07 Å². The molecule has 1 amide bonds. The number of rotatable bonds is 4. The van der Waals surface area contributed by atoms with E-state index in [4.69, 9.17) is 9.47 Å². The number of ether oxygens (including phenoxy) is 2. The Morgan fingerprint density at radius 3 is 2.72 bits per heavy atom. The lowest BCUT2D eigenvalue weighted by Gasteiger charge is -2.11. The van der Waals surface area contributed by atoms with E-state index in [-0.39, 0.29) is 19.2 Å². The molecule has 0 spiro atoms. The molecule has 1 aliphatic heterocycles. The van der Waals surface area contributed by atoms with Crippen molar-refractivity contribution >= 4 is 11.6 Å². The molecule has 1 aliphatic rings. The number of benzene rings is 2. The number of hydrogen-bond acceptors (Lipinski definition) is 5. The van der Waals surface area contributed by atoms with Crippen molar-refractivity contribution in [2.24, 2.45) is 0 Å². The van der Waals surface area contributed by atoms with Crippen molar-refractivity contribution in [3.05, 3.63) is 59.8 Å². The quantitative estimate of drug-likeness (QED) is 0.672. The fourth-order valence-electron chi connectivity index (χ4n) is 2.85. The largest absolute Gasteiger partial charge is 0.454 e. The molecule has 7 nitrogen and oxygen atoms in total. The Kier molecular flexibility index (Phi) is 5.08. The lowest BCUT2D eigenvalue weighted by Crippen LogP contribution is -2.23. The average molecular weight is 388 g/mol. The molecule has 2 heterocycles. The summed E-state index contributed by atoms with van der Waals surface area (Å²) in [5, 5.41) is 9.74. The summed E-state index contributed by atoms with van der Waals surface area (Å²) in [5.41, 5.74) is 3.87. The van der Waals surface area contributed by atoms with Gasteiger partial charge in [0.1, 0.15) is 5.69 Å². The minimum Gasteiger partial charge on any atom is -0.454 e. The van der Waals surface area contributed by atoms with Crippen molar-refractivity contribution in [3.8, 4) is 34.6 Å². The van der Waals surface area contributed by atoms with Crippen LogP contribution in [0.25, 0.3) is 11.3 Å². The fourth-order valence-corrected chi connectivity index (χ4v) is 2.85. The molecule has 2 N–H and O–H groups in total. The van der Waals surface area contributed by atoms with Gasteiger partial charge in [0.15, 0.2) is 11.5 Å². The summed E-state index contributed by atoms with van der Waals surface area (Å²) in [6, 6.07) is 15.2. The van der Waals surface area contributed by atoms with Crippen molar-refractivity contribution in [1.29, 1.82) is 0 Å². The van der Waals surface area contributed by atoms with Gasteiger partial charge < -0.3 is 19.7 Å². The molecular formula is C22H20N4O3. The number of carbonyl (C=O) groups is 1. The molecule has 3 aromatic rings. The topological polar surface area (TPSA) is 79.5 Å². The van der Waals surface area contributed by atoms with E-state index in [9.17, 15) is 4.79 Å². The summed E-state index contributed by atoms with van der Waals surface area (Å²) < 4.78 is 10.7. The Balaban J connectivity index is 1.35. The van der Waals surface area contributed by atoms with E-state index in [1.165, 1.54) is 0 Å². The van der Waals surface area contributed by atoms with Crippen LogP contribution in [0, 0.1) is 11.8 Å². The number of aromatic amines is 1. The Morgan fingerprint density at radius 2 is 1.93 bits per heavy atom. The number of anilines is 1. The maximum Gasteiger partial charge on any atom is 0.270 e. The van der Waals surface area contributed by atoms with Gasteiger partial charge in [-0.1, -0.05) is 11.8 Å². The van der Waals surface area contributed by atoms with Gasteiger partial charge in [0.25, 0.3) is 5.91 Å². The van der Waals surface area contributed by atoms with Crippen molar-refractivity contribution in [2.75, 3.05) is 32.3 Å². The van der Waals surface area contributed by atoms with Crippen LogP contribution in [0.15, 0.2) is 48.5 Å². The second-order valence-electron chi connectivity index (χ2n) is 6.66. The SMILES string of the molecule is CN(C)c1ccc(C#CCNC(=O)c2cc(-c3ccc4c(c3)OCO4)n[nH]2)cc1. The van der Waals surface area contributed by atoms with Crippen LogP contribution in [-0.2, 0) is 0 Å². The van der Waals surface area contributed by atoms with E-state index in [0.717, 1.165) is 16.8 Å². The summed E-state index contributed by atoms with van der Waals surface area (Å²) >= 11 is 0. The third-order valence-corrected chi connectivity index (χ3v) is 4.44. The van der Waals surface area contributed by atoms with Crippen LogP contribution in [0.1, 0.15) is 16.1 Å². The van der Waals surface area contributed by atoms with Gasteiger partial charge in [-0.15, -0.1) is 0 Å². The predicted octanol–water partition coefficient (Wildman–Crippen LogP) is 2.65. The van der Waals surface area contributed by atoms with Crippen LogP contribution >= 0.6 is 0 Å². The van der Waals surface area contributed by atoms with Gasteiger partial charge in [-0.05, 0) is 48.5 Å². The minimum absolute atomic E-state index is 0.216. The minimum atomic E-state index is -0.262. The number of carbonyl (C=O) groups excluding carboxylic acids is 1. The highest BCUT2D eigenvalue weighted by Crippen LogP contribution is 2.35. The highest BCUT2D eigenvalue weighted by Gasteiger charge is 2.16. The maximum absolute atomic E-state index is 12.3. The molecule has 1 aromatic heterocycles. The molecule has 0 saturated carbocycles. The van der Waals surface area contributed by atoms with Gasteiger partial charge in [-0.2, -0.15) is 5.10 Å². The van der Waals surface area contributed by atoms with Crippen LogP contribution in [0.2, 0.25) is 0 Å². The van der Waals surface area contributed by atoms with E-state index in [1.807, 2.05) is 61.5 Å². The van der Waals surface area contributed by atoms with Crippen LogP contribution in [-0.4, -0.2) is 43.5 Å². The van der Waals surface area contributed by atoms with Crippen LogP contribution in [0.3, 0.4) is 0 Å².